The quantitative estimate of drug-likeness (QED) is 0.821. The Balaban J connectivity index is 1.51. The molecule has 1 saturated carbocycles. The molecule has 0 radical (unpaired) electrons. The van der Waals surface area contributed by atoms with Gasteiger partial charge in [-0.15, -0.1) is 0 Å². The van der Waals surface area contributed by atoms with Gasteiger partial charge in [-0.3, -0.25) is 9.59 Å². The molecule has 0 saturated heterocycles. The van der Waals surface area contributed by atoms with Crippen molar-refractivity contribution in [1.82, 2.24) is 4.90 Å². The molecule has 0 bridgehead atoms. The van der Waals surface area contributed by atoms with Crippen LogP contribution in [0.25, 0.3) is 0 Å². The summed E-state index contributed by atoms with van der Waals surface area (Å²) in [7, 11) is 3.45. The molecule has 0 aliphatic heterocycles. The summed E-state index contributed by atoms with van der Waals surface area (Å²) in [4.78, 5) is 27.2. The number of carbonyl (C=O) groups is 2. The molecule has 148 valence electrons. The first-order chi connectivity index (χ1) is 13.6. The van der Waals surface area contributed by atoms with Crippen LogP contribution in [0.2, 0.25) is 0 Å². The highest BCUT2D eigenvalue weighted by Crippen LogP contribution is 2.32. The van der Waals surface area contributed by atoms with Crippen LogP contribution in [0.4, 0.5) is 5.69 Å². The molecule has 5 heteroatoms. The van der Waals surface area contributed by atoms with E-state index in [1.807, 2.05) is 61.6 Å². The number of benzene rings is 2. The van der Waals surface area contributed by atoms with Gasteiger partial charge in [0.2, 0.25) is 11.8 Å². The van der Waals surface area contributed by atoms with Crippen molar-refractivity contribution < 1.29 is 14.3 Å². The summed E-state index contributed by atoms with van der Waals surface area (Å²) in [5, 5.41) is 2.97. The van der Waals surface area contributed by atoms with Gasteiger partial charge in [0.25, 0.3) is 0 Å². The summed E-state index contributed by atoms with van der Waals surface area (Å²) in [6, 6.07) is 17.4. The average Bonchev–Trinajstić information content (AvgIpc) is 2.74. The molecule has 1 aliphatic rings. The lowest BCUT2D eigenvalue weighted by Crippen LogP contribution is -2.36. The standard InChI is InChI=1S/C23H28N2O3/c1-25(16-17-8-4-3-5-9-17)23(27)19-14-12-18(13-15-19)22(26)24-20-10-6-7-11-21(20)28-2/h3-11,18-19H,12-16H2,1-2H3,(H,24,26). The van der Waals surface area contributed by atoms with Crippen molar-refractivity contribution in [3.05, 3.63) is 60.2 Å². The Morgan fingerprint density at radius 1 is 0.964 bits per heavy atom. The SMILES string of the molecule is COc1ccccc1NC(=O)C1CCC(C(=O)N(C)Cc2ccccc2)CC1. The van der Waals surface area contributed by atoms with Gasteiger partial charge < -0.3 is 15.0 Å². The fraction of sp³-hybridized carbons (Fsp3) is 0.391. The maximum atomic E-state index is 12.8. The fourth-order valence-electron chi connectivity index (χ4n) is 3.83. The Morgan fingerprint density at radius 3 is 2.25 bits per heavy atom. The van der Waals surface area contributed by atoms with Gasteiger partial charge in [-0.25, -0.2) is 0 Å². The lowest BCUT2D eigenvalue weighted by Gasteiger charge is -2.30. The first kappa shape index (κ1) is 19.9. The number of methoxy groups -OCH3 is 1. The largest absolute Gasteiger partial charge is 0.495 e. The van der Waals surface area contributed by atoms with Crippen LogP contribution in [0.5, 0.6) is 5.75 Å². The van der Waals surface area contributed by atoms with E-state index in [1.165, 1.54) is 0 Å². The van der Waals surface area contributed by atoms with E-state index in [9.17, 15) is 9.59 Å². The van der Waals surface area contributed by atoms with Gasteiger partial charge in [-0.1, -0.05) is 42.5 Å². The molecule has 0 unspecified atom stereocenters. The van der Waals surface area contributed by atoms with E-state index in [2.05, 4.69) is 5.32 Å². The number of amides is 2. The van der Waals surface area contributed by atoms with Crippen molar-refractivity contribution in [2.45, 2.75) is 32.2 Å². The average molecular weight is 380 g/mol. The molecule has 1 N–H and O–H groups in total. The van der Waals surface area contributed by atoms with Gasteiger partial charge in [0.1, 0.15) is 5.75 Å². The summed E-state index contributed by atoms with van der Waals surface area (Å²) >= 11 is 0. The van der Waals surface area contributed by atoms with E-state index in [0.717, 1.165) is 31.2 Å². The first-order valence-electron chi connectivity index (χ1n) is 9.81. The summed E-state index contributed by atoms with van der Waals surface area (Å²) in [5.41, 5.74) is 1.82. The van der Waals surface area contributed by atoms with Gasteiger partial charge in [0.15, 0.2) is 0 Å². The number of hydrogen-bond donors (Lipinski definition) is 1. The second-order valence-electron chi connectivity index (χ2n) is 7.42. The molecule has 2 aromatic carbocycles. The molecular formula is C23H28N2O3. The van der Waals surface area contributed by atoms with Gasteiger partial charge in [-0.05, 0) is 43.4 Å². The third kappa shape index (κ3) is 4.91. The second-order valence-corrected chi connectivity index (χ2v) is 7.42. The summed E-state index contributed by atoms with van der Waals surface area (Å²) < 4.78 is 5.29. The van der Waals surface area contributed by atoms with Gasteiger partial charge >= 0.3 is 0 Å². The molecule has 0 heterocycles. The minimum atomic E-state index is -0.0617. The van der Waals surface area contributed by atoms with Crippen molar-refractivity contribution in [3.8, 4) is 5.75 Å². The van der Waals surface area contributed by atoms with Crippen LogP contribution in [-0.2, 0) is 16.1 Å². The predicted molar refractivity (Wildman–Crippen MR) is 110 cm³/mol. The number of carbonyl (C=O) groups excluding carboxylic acids is 2. The van der Waals surface area contributed by atoms with Crippen LogP contribution >= 0.6 is 0 Å². The molecule has 2 aromatic rings. The van der Waals surface area contributed by atoms with E-state index in [4.69, 9.17) is 4.74 Å². The van der Waals surface area contributed by atoms with E-state index >= 15 is 0 Å². The minimum absolute atomic E-state index is 0.00373. The van der Waals surface area contributed by atoms with Crippen LogP contribution in [0.3, 0.4) is 0 Å². The Bertz CT molecular complexity index is 799. The maximum Gasteiger partial charge on any atom is 0.227 e. The van der Waals surface area contributed by atoms with Gasteiger partial charge in [-0.2, -0.15) is 0 Å². The lowest BCUT2D eigenvalue weighted by molar-refractivity contribution is -0.137. The van der Waals surface area contributed by atoms with Crippen LogP contribution < -0.4 is 10.1 Å². The number of rotatable bonds is 6. The number of hydrogen-bond acceptors (Lipinski definition) is 3. The summed E-state index contributed by atoms with van der Waals surface area (Å²) in [5.74, 6) is 0.778. The zero-order valence-electron chi connectivity index (χ0n) is 16.6. The molecule has 2 amide bonds. The van der Waals surface area contributed by atoms with E-state index in [1.54, 1.807) is 12.0 Å². The molecule has 0 atom stereocenters. The highest BCUT2D eigenvalue weighted by molar-refractivity contribution is 5.94. The molecule has 1 fully saturated rings. The Labute approximate surface area is 166 Å². The van der Waals surface area contributed by atoms with Crippen molar-refractivity contribution in [3.63, 3.8) is 0 Å². The highest BCUT2D eigenvalue weighted by atomic mass is 16.5. The van der Waals surface area contributed by atoms with Crippen LogP contribution in [0.1, 0.15) is 31.2 Å². The van der Waals surface area contributed by atoms with Crippen LogP contribution in [-0.4, -0.2) is 30.9 Å². The third-order valence-electron chi connectivity index (χ3n) is 5.45. The number of para-hydroxylation sites is 2. The zero-order valence-corrected chi connectivity index (χ0v) is 16.6. The zero-order chi connectivity index (χ0) is 19.9. The van der Waals surface area contributed by atoms with E-state index in [0.29, 0.717) is 18.0 Å². The predicted octanol–water partition coefficient (Wildman–Crippen LogP) is 4.10. The normalized spacial score (nSPS) is 18.9. The molecule has 3 rings (SSSR count). The Hall–Kier alpha value is -2.82. The van der Waals surface area contributed by atoms with Crippen molar-refractivity contribution in [2.75, 3.05) is 19.5 Å². The molecule has 5 nitrogen and oxygen atoms in total. The molecule has 0 aromatic heterocycles. The van der Waals surface area contributed by atoms with Crippen LogP contribution in [0.15, 0.2) is 54.6 Å². The molecule has 28 heavy (non-hydrogen) atoms. The van der Waals surface area contributed by atoms with Gasteiger partial charge in [0.05, 0.1) is 12.8 Å². The number of nitrogens with one attached hydrogen (secondary N) is 1. The number of anilines is 1. The lowest BCUT2D eigenvalue weighted by atomic mass is 9.81. The van der Waals surface area contributed by atoms with Crippen molar-refractivity contribution in [1.29, 1.82) is 0 Å². The monoisotopic (exact) mass is 380 g/mol. The van der Waals surface area contributed by atoms with E-state index < -0.39 is 0 Å². The minimum Gasteiger partial charge on any atom is -0.495 e. The summed E-state index contributed by atoms with van der Waals surface area (Å²) in [6.45, 7) is 0.619. The van der Waals surface area contributed by atoms with Crippen molar-refractivity contribution in [2.24, 2.45) is 11.8 Å². The Morgan fingerprint density at radius 2 is 1.57 bits per heavy atom. The van der Waals surface area contributed by atoms with Crippen LogP contribution in [0, 0.1) is 11.8 Å². The fourth-order valence-corrected chi connectivity index (χ4v) is 3.83. The number of nitrogens with zero attached hydrogens (tertiary/aromatic N) is 1. The third-order valence-corrected chi connectivity index (χ3v) is 5.45. The topological polar surface area (TPSA) is 58.6 Å². The van der Waals surface area contributed by atoms with Gasteiger partial charge in [0, 0.05) is 25.4 Å². The summed E-state index contributed by atoms with van der Waals surface area (Å²) in [6.07, 6.45) is 2.97. The molecule has 1 aliphatic carbocycles. The highest BCUT2D eigenvalue weighted by Gasteiger charge is 2.31. The smallest absolute Gasteiger partial charge is 0.227 e. The molecular weight excluding hydrogens is 352 g/mol. The second kappa shape index (κ2) is 9.40. The molecule has 0 spiro atoms. The number of ether oxygens (including phenoxy) is 1. The maximum absolute atomic E-state index is 12.8. The van der Waals surface area contributed by atoms with Crippen molar-refractivity contribution >= 4 is 17.5 Å². The Kier molecular flexibility index (Phi) is 6.69. The van der Waals surface area contributed by atoms with E-state index in [-0.39, 0.29) is 23.7 Å². The first-order valence-corrected chi connectivity index (χ1v) is 9.81.